The van der Waals surface area contributed by atoms with Crippen LogP contribution in [-0.4, -0.2) is 62.8 Å². The first-order chi connectivity index (χ1) is 28.3. The van der Waals surface area contributed by atoms with E-state index in [4.69, 9.17) is 33.2 Å². The largest absolute Gasteiger partial charge is 0.491 e. The number of fused-ring (bicyclic) bond motifs is 4. The average molecular weight is 765 g/mol. The number of pyridine rings is 2. The van der Waals surface area contributed by atoms with Gasteiger partial charge in [-0.2, -0.15) is 0 Å². The molecule has 2 aromatic heterocycles. The van der Waals surface area contributed by atoms with Gasteiger partial charge in [0.15, 0.2) is 0 Å². The Kier molecular flexibility index (Phi) is 13.0. The lowest BCUT2D eigenvalue weighted by molar-refractivity contribution is 0.00474. The normalized spacial score (nSPS) is 15.1. The summed E-state index contributed by atoms with van der Waals surface area (Å²) in [7, 11) is 0. The summed E-state index contributed by atoms with van der Waals surface area (Å²) in [6, 6.07) is 37.5. The number of nitrogens with zero attached hydrogens (tertiary/aromatic N) is 2. The molecule has 292 valence electrons. The molecule has 4 aromatic carbocycles. The van der Waals surface area contributed by atoms with E-state index in [1.54, 1.807) is 12.4 Å². The summed E-state index contributed by atoms with van der Waals surface area (Å²) >= 11 is 0. The van der Waals surface area contributed by atoms with Gasteiger partial charge in [0.1, 0.15) is 49.4 Å². The van der Waals surface area contributed by atoms with Gasteiger partial charge in [0, 0.05) is 38.1 Å². The van der Waals surface area contributed by atoms with E-state index in [0.717, 1.165) is 78.9 Å². The molecule has 0 amide bonds. The Hall–Kier alpha value is -5.74. The van der Waals surface area contributed by atoms with Crippen molar-refractivity contribution in [2.24, 2.45) is 0 Å². The standard InChI is InChI=1S/C48H48N2O7/c1-3-19-49-43(17-1)33-56-47-39-13-7-15-41(47)32-42-16-8-14-40(48(42)57-34-44-18-2-4-20-50-44)31-38-12-6-10-36-29-35-9-5-11-37(30-39)45(35)54-27-25-52-23-21-51-22-24-53-26-28-55-46(36)38/h1-20H,21-34H2. The number of benzene rings is 4. The minimum Gasteiger partial charge on any atom is -0.491 e. The summed E-state index contributed by atoms with van der Waals surface area (Å²) in [4.78, 5) is 9.12. The zero-order chi connectivity index (χ0) is 38.5. The molecule has 0 spiro atoms. The smallest absolute Gasteiger partial charge is 0.130 e. The van der Waals surface area contributed by atoms with Crippen LogP contribution in [0.5, 0.6) is 23.0 Å². The quantitative estimate of drug-likeness (QED) is 0.167. The summed E-state index contributed by atoms with van der Waals surface area (Å²) in [5.74, 6) is 3.37. The third-order valence-electron chi connectivity index (χ3n) is 10.1. The van der Waals surface area contributed by atoms with Crippen LogP contribution in [0, 0.1) is 0 Å². The molecule has 6 aromatic rings. The SMILES string of the molecule is c1ccc(COc2c3cccc2Cc2cccc(c2OCc2ccccn2)Cc2cccc4c2OCCOCCOCCOCCOc2c(cccc2C3)C4)nc1. The molecule has 1 aliphatic carbocycles. The maximum atomic E-state index is 6.78. The maximum Gasteiger partial charge on any atom is 0.130 e. The van der Waals surface area contributed by atoms with Crippen molar-refractivity contribution in [1.82, 2.24) is 9.97 Å². The molecule has 0 saturated carbocycles. The molecule has 9 nitrogen and oxygen atoms in total. The van der Waals surface area contributed by atoms with Crippen molar-refractivity contribution in [1.29, 1.82) is 0 Å². The molecule has 9 heteroatoms. The van der Waals surface area contributed by atoms with Crippen molar-refractivity contribution < 1.29 is 33.2 Å². The zero-order valence-electron chi connectivity index (χ0n) is 32.2. The molecule has 0 N–H and O–H groups in total. The molecule has 0 atom stereocenters. The van der Waals surface area contributed by atoms with Crippen LogP contribution >= 0.6 is 0 Å². The molecular formula is C48H48N2O7. The van der Waals surface area contributed by atoms with E-state index in [1.807, 2.05) is 36.4 Å². The van der Waals surface area contributed by atoms with E-state index in [1.165, 1.54) is 0 Å². The second-order valence-electron chi connectivity index (χ2n) is 14.1. The topological polar surface area (TPSA) is 90.4 Å². The van der Waals surface area contributed by atoms with E-state index in [0.29, 0.717) is 91.8 Å². The van der Waals surface area contributed by atoms with Crippen molar-refractivity contribution in [2.45, 2.75) is 38.9 Å². The summed E-state index contributed by atoms with van der Waals surface area (Å²) in [5, 5.41) is 0. The summed E-state index contributed by atoms with van der Waals surface area (Å²) in [6.07, 6.45) is 5.97. The first kappa shape index (κ1) is 38.1. The molecular weight excluding hydrogens is 717 g/mol. The first-order valence-corrected chi connectivity index (χ1v) is 19.8. The molecule has 2 aliphatic rings. The van der Waals surface area contributed by atoms with E-state index in [-0.39, 0.29) is 0 Å². The van der Waals surface area contributed by atoms with Crippen LogP contribution in [0.1, 0.15) is 55.9 Å². The summed E-state index contributed by atoms with van der Waals surface area (Å²) in [6.45, 7) is 4.29. The van der Waals surface area contributed by atoms with E-state index in [9.17, 15) is 0 Å². The Balaban J connectivity index is 1.27. The highest BCUT2D eigenvalue weighted by Crippen LogP contribution is 2.39. The second kappa shape index (κ2) is 19.4. The third-order valence-corrected chi connectivity index (χ3v) is 10.1. The van der Waals surface area contributed by atoms with Gasteiger partial charge in [-0.25, -0.2) is 0 Å². The minimum atomic E-state index is 0.334. The van der Waals surface area contributed by atoms with Crippen LogP contribution in [0.25, 0.3) is 0 Å². The van der Waals surface area contributed by atoms with E-state index < -0.39 is 0 Å². The van der Waals surface area contributed by atoms with Gasteiger partial charge in [-0.3, -0.25) is 9.97 Å². The zero-order valence-corrected chi connectivity index (χ0v) is 32.2. The second-order valence-corrected chi connectivity index (χ2v) is 14.1. The number of para-hydroxylation sites is 4. The number of hydrogen-bond acceptors (Lipinski definition) is 9. The number of ether oxygens (including phenoxy) is 7. The summed E-state index contributed by atoms with van der Waals surface area (Å²) in [5.41, 5.74) is 10.2. The van der Waals surface area contributed by atoms with Gasteiger partial charge >= 0.3 is 0 Å². The van der Waals surface area contributed by atoms with Crippen molar-refractivity contribution >= 4 is 0 Å². The predicted octanol–water partition coefficient (Wildman–Crippen LogP) is 8.13. The fourth-order valence-corrected chi connectivity index (χ4v) is 7.43. The minimum absolute atomic E-state index is 0.334. The molecule has 0 radical (unpaired) electrons. The highest BCUT2D eigenvalue weighted by Gasteiger charge is 2.22. The Morgan fingerprint density at radius 3 is 1.07 bits per heavy atom. The van der Waals surface area contributed by atoms with Gasteiger partial charge in [0.05, 0.1) is 51.0 Å². The average Bonchev–Trinajstić information content (AvgIpc) is 3.23. The molecule has 3 heterocycles. The van der Waals surface area contributed by atoms with Crippen molar-refractivity contribution in [3.05, 3.63) is 177 Å². The summed E-state index contributed by atoms with van der Waals surface area (Å²) < 4.78 is 44.5. The maximum absolute atomic E-state index is 6.78. The van der Waals surface area contributed by atoms with Gasteiger partial charge < -0.3 is 33.2 Å². The predicted molar refractivity (Wildman–Crippen MR) is 218 cm³/mol. The molecule has 0 unspecified atom stereocenters. The Morgan fingerprint density at radius 2 is 0.702 bits per heavy atom. The van der Waals surface area contributed by atoms with E-state index >= 15 is 0 Å². The molecule has 10 bridgehead atoms. The molecule has 0 saturated heterocycles. The van der Waals surface area contributed by atoms with Crippen LogP contribution in [0.3, 0.4) is 0 Å². The van der Waals surface area contributed by atoms with E-state index in [2.05, 4.69) is 82.8 Å². The lowest BCUT2D eigenvalue weighted by Crippen LogP contribution is -2.16. The molecule has 57 heavy (non-hydrogen) atoms. The van der Waals surface area contributed by atoms with Crippen molar-refractivity contribution in [3.63, 3.8) is 0 Å². The van der Waals surface area contributed by atoms with Crippen molar-refractivity contribution in [2.75, 3.05) is 52.9 Å². The van der Waals surface area contributed by atoms with Gasteiger partial charge in [-0.15, -0.1) is 0 Å². The van der Waals surface area contributed by atoms with Crippen LogP contribution in [0.2, 0.25) is 0 Å². The molecule has 8 rings (SSSR count). The molecule has 1 aliphatic heterocycles. The lowest BCUT2D eigenvalue weighted by atomic mass is 9.91. The van der Waals surface area contributed by atoms with Crippen LogP contribution in [-0.2, 0) is 53.1 Å². The highest BCUT2D eigenvalue weighted by molar-refractivity contribution is 5.56. The highest BCUT2D eigenvalue weighted by atomic mass is 16.6. The fourth-order valence-electron chi connectivity index (χ4n) is 7.43. The number of aromatic nitrogens is 2. The number of hydrogen-bond donors (Lipinski definition) is 0. The van der Waals surface area contributed by atoms with Crippen LogP contribution in [0.15, 0.2) is 122 Å². The molecule has 0 fully saturated rings. The lowest BCUT2D eigenvalue weighted by Gasteiger charge is -2.23. The Labute approximate surface area is 334 Å². The van der Waals surface area contributed by atoms with Gasteiger partial charge in [-0.1, -0.05) is 84.9 Å². The van der Waals surface area contributed by atoms with Gasteiger partial charge in [0.2, 0.25) is 0 Å². The van der Waals surface area contributed by atoms with Crippen LogP contribution in [0.4, 0.5) is 0 Å². The first-order valence-electron chi connectivity index (χ1n) is 19.8. The Bertz CT molecular complexity index is 2060. The van der Waals surface area contributed by atoms with Gasteiger partial charge in [-0.05, 0) is 68.8 Å². The fraction of sp³-hybridized carbons (Fsp3) is 0.292. The number of rotatable bonds is 6. The van der Waals surface area contributed by atoms with Crippen molar-refractivity contribution in [3.8, 4) is 23.0 Å². The van der Waals surface area contributed by atoms with Gasteiger partial charge in [0.25, 0.3) is 0 Å². The Morgan fingerprint density at radius 1 is 0.368 bits per heavy atom. The monoisotopic (exact) mass is 764 g/mol. The third kappa shape index (κ3) is 9.99. The van der Waals surface area contributed by atoms with Crippen LogP contribution < -0.4 is 18.9 Å².